The van der Waals surface area contributed by atoms with Crippen LogP contribution in [0, 0.1) is 24.0 Å². The van der Waals surface area contributed by atoms with Gasteiger partial charge in [0.2, 0.25) is 0 Å². The molecule has 0 saturated carbocycles. The summed E-state index contributed by atoms with van der Waals surface area (Å²) in [6, 6.07) is 19.8. The number of nitrogens with zero attached hydrogens (tertiary/aromatic N) is 2. The molecule has 0 aliphatic carbocycles. The number of nitro groups is 1. The number of rotatable bonds is 6. The Kier molecular flexibility index (Phi) is 5.46. The SMILES string of the molecule is Cc1ccc(N(Cc2ccccc2C)S(=O)(=O)c2ccc([N+](=O)[O-])cc2)cc1. The number of benzene rings is 3. The largest absolute Gasteiger partial charge is 0.269 e. The fourth-order valence-electron chi connectivity index (χ4n) is 2.84. The molecular weight excluding hydrogens is 376 g/mol. The van der Waals surface area contributed by atoms with Crippen molar-refractivity contribution >= 4 is 21.4 Å². The molecule has 0 atom stereocenters. The van der Waals surface area contributed by atoms with Crippen molar-refractivity contribution in [2.45, 2.75) is 25.3 Å². The first-order valence-corrected chi connectivity index (χ1v) is 10.1. The van der Waals surface area contributed by atoms with Crippen LogP contribution in [0.25, 0.3) is 0 Å². The van der Waals surface area contributed by atoms with Crippen molar-refractivity contribution in [2.24, 2.45) is 0 Å². The van der Waals surface area contributed by atoms with E-state index < -0.39 is 14.9 Å². The predicted molar refractivity (Wildman–Crippen MR) is 109 cm³/mol. The van der Waals surface area contributed by atoms with Gasteiger partial charge < -0.3 is 0 Å². The van der Waals surface area contributed by atoms with Crippen LogP contribution in [-0.2, 0) is 16.6 Å². The van der Waals surface area contributed by atoms with Crippen LogP contribution < -0.4 is 4.31 Å². The standard InChI is InChI=1S/C21H20N2O4S/c1-16-7-9-19(10-8-16)22(15-18-6-4-3-5-17(18)2)28(26,27)21-13-11-20(12-14-21)23(24)25/h3-14H,15H2,1-2H3. The lowest BCUT2D eigenvalue weighted by Crippen LogP contribution is -2.30. The van der Waals surface area contributed by atoms with E-state index in [1.807, 2.05) is 50.2 Å². The third kappa shape index (κ3) is 4.04. The molecule has 0 aliphatic rings. The summed E-state index contributed by atoms with van der Waals surface area (Å²) in [4.78, 5) is 10.3. The lowest BCUT2D eigenvalue weighted by molar-refractivity contribution is -0.384. The first-order chi connectivity index (χ1) is 13.3. The normalized spacial score (nSPS) is 11.2. The summed E-state index contributed by atoms with van der Waals surface area (Å²) in [5, 5.41) is 10.9. The van der Waals surface area contributed by atoms with E-state index in [9.17, 15) is 18.5 Å². The molecule has 6 nitrogen and oxygen atoms in total. The average molecular weight is 396 g/mol. The van der Waals surface area contributed by atoms with Gasteiger partial charge in [0.25, 0.3) is 15.7 Å². The van der Waals surface area contributed by atoms with Crippen LogP contribution in [0.3, 0.4) is 0 Å². The molecule has 3 rings (SSSR count). The maximum atomic E-state index is 13.4. The summed E-state index contributed by atoms with van der Waals surface area (Å²) in [6.45, 7) is 4.02. The number of hydrogen-bond donors (Lipinski definition) is 0. The molecule has 144 valence electrons. The van der Waals surface area contributed by atoms with Crippen LogP contribution in [-0.4, -0.2) is 13.3 Å². The zero-order valence-electron chi connectivity index (χ0n) is 15.6. The molecule has 0 unspecified atom stereocenters. The van der Waals surface area contributed by atoms with Crippen molar-refractivity contribution in [1.82, 2.24) is 0 Å². The topological polar surface area (TPSA) is 80.5 Å². The number of anilines is 1. The summed E-state index contributed by atoms with van der Waals surface area (Å²) < 4.78 is 28.1. The second kappa shape index (κ2) is 7.82. The Morgan fingerprint density at radius 1 is 0.893 bits per heavy atom. The van der Waals surface area contributed by atoms with Gasteiger partial charge in [-0.3, -0.25) is 14.4 Å². The summed E-state index contributed by atoms with van der Waals surface area (Å²) in [5.74, 6) is 0. The minimum absolute atomic E-state index is 0.00672. The third-order valence-electron chi connectivity index (χ3n) is 4.53. The Morgan fingerprint density at radius 3 is 2.07 bits per heavy atom. The van der Waals surface area contributed by atoms with Crippen LogP contribution in [0.2, 0.25) is 0 Å². The van der Waals surface area contributed by atoms with Gasteiger partial charge in [0.15, 0.2) is 0 Å². The van der Waals surface area contributed by atoms with Gasteiger partial charge >= 0.3 is 0 Å². The van der Waals surface area contributed by atoms with Crippen LogP contribution >= 0.6 is 0 Å². The zero-order valence-corrected chi connectivity index (χ0v) is 16.4. The van der Waals surface area contributed by atoms with E-state index in [0.717, 1.165) is 16.7 Å². The quantitative estimate of drug-likeness (QED) is 0.450. The average Bonchev–Trinajstić information content (AvgIpc) is 2.68. The summed E-state index contributed by atoms with van der Waals surface area (Å²) in [5.41, 5.74) is 3.27. The van der Waals surface area contributed by atoms with Gasteiger partial charge in [0.05, 0.1) is 22.1 Å². The fourth-order valence-corrected chi connectivity index (χ4v) is 4.28. The summed E-state index contributed by atoms with van der Waals surface area (Å²) in [7, 11) is -3.91. The molecule has 0 aliphatic heterocycles. The fraction of sp³-hybridized carbons (Fsp3) is 0.143. The molecule has 0 saturated heterocycles. The van der Waals surface area contributed by atoms with Gasteiger partial charge in [0, 0.05) is 12.1 Å². The first kappa shape index (κ1) is 19.6. The van der Waals surface area contributed by atoms with E-state index in [2.05, 4.69) is 0 Å². The van der Waals surface area contributed by atoms with Crippen molar-refractivity contribution in [1.29, 1.82) is 0 Å². The van der Waals surface area contributed by atoms with Crippen molar-refractivity contribution in [3.05, 3.63) is 99.6 Å². The number of aryl methyl sites for hydroxylation is 2. The molecule has 0 radical (unpaired) electrons. The van der Waals surface area contributed by atoms with E-state index in [-0.39, 0.29) is 17.1 Å². The van der Waals surface area contributed by atoms with E-state index in [1.54, 1.807) is 12.1 Å². The lowest BCUT2D eigenvalue weighted by Gasteiger charge is -2.25. The Hall–Kier alpha value is -3.19. The first-order valence-electron chi connectivity index (χ1n) is 8.67. The van der Waals surface area contributed by atoms with E-state index in [0.29, 0.717) is 5.69 Å². The molecule has 0 heterocycles. The second-order valence-electron chi connectivity index (χ2n) is 6.52. The van der Waals surface area contributed by atoms with Gasteiger partial charge in [-0.1, -0.05) is 42.0 Å². The number of hydrogen-bond acceptors (Lipinski definition) is 4. The molecular formula is C21H20N2O4S. The number of sulfonamides is 1. The molecule has 7 heteroatoms. The Labute approximate surface area is 164 Å². The number of non-ortho nitro benzene ring substituents is 1. The maximum absolute atomic E-state index is 13.4. The van der Waals surface area contributed by atoms with E-state index in [1.165, 1.54) is 28.6 Å². The second-order valence-corrected chi connectivity index (χ2v) is 8.39. The Bertz CT molecular complexity index is 1090. The summed E-state index contributed by atoms with van der Waals surface area (Å²) in [6.07, 6.45) is 0. The number of nitro benzene ring substituents is 1. The molecule has 28 heavy (non-hydrogen) atoms. The van der Waals surface area contributed by atoms with Crippen LogP contribution in [0.4, 0.5) is 11.4 Å². The highest BCUT2D eigenvalue weighted by molar-refractivity contribution is 7.92. The Morgan fingerprint density at radius 2 is 1.50 bits per heavy atom. The monoisotopic (exact) mass is 396 g/mol. The molecule has 0 fully saturated rings. The molecule has 0 bridgehead atoms. The van der Waals surface area contributed by atoms with Crippen LogP contribution in [0.1, 0.15) is 16.7 Å². The van der Waals surface area contributed by atoms with Crippen molar-refractivity contribution < 1.29 is 13.3 Å². The third-order valence-corrected chi connectivity index (χ3v) is 6.32. The van der Waals surface area contributed by atoms with E-state index in [4.69, 9.17) is 0 Å². The molecule has 3 aromatic rings. The predicted octanol–water partition coefficient (Wildman–Crippen LogP) is 4.61. The van der Waals surface area contributed by atoms with Gasteiger partial charge in [-0.05, 0) is 49.2 Å². The minimum Gasteiger partial charge on any atom is -0.262 e. The smallest absolute Gasteiger partial charge is 0.262 e. The highest BCUT2D eigenvalue weighted by Crippen LogP contribution is 2.28. The minimum atomic E-state index is -3.91. The molecule has 0 aromatic heterocycles. The Balaban J connectivity index is 2.07. The van der Waals surface area contributed by atoms with Crippen molar-refractivity contribution in [3.8, 4) is 0 Å². The van der Waals surface area contributed by atoms with Crippen LogP contribution in [0.15, 0.2) is 77.7 Å². The molecule has 0 amide bonds. The highest BCUT2D eigenvalue weighted by atomic mass is 32.2. The van der Waals surface area contributed by atoms with Gasteiger partial charge in [-0.15, -0.1) is 0 Å². The molecule has 0 N–H and O–H groups in total. The zero-order chi connectivity index (χ0) is 20.3. The van der Waals surface area contributed by atoms with Crippen LogP contribution in [0.5, 0.6) is 0 Å². The lowest BCUT2D eigenvalue weighted by atomic mass is 10.1. The highest BCUT2D eigenvalue weighted by Gasteiger charge is 2.26. The molecule has 0 spiro atoms. The summed E-state index contributed by atoms with van der Waals surface area (Å²) >= 11 is 0. The van der Waals surface area contributed by atoms with Crippen molar-refractivity contribution in [3.63, 3.8) is 0 Å². The van der Waals surface area contributed by atoms with E-state index >= 15 is 0 Å². The molecule has 3 aromatic carbocycles. The van der Waals surface area contributed by atoms with Crippen molar-refractivity contribution in [2.75, 3.05) is 4.31 Å². The van der Waals surface area contributed by atoms with Gasteiger partial charge in [-0.25, -0.2) is 8.42 Å². The van der Waals surface area contributed by atoms with Gasteiger partial charge in [0.1, 0.15) is 0 Å². The maximum Gasteiger partial charge on any atom is 0.269 e. The van der Waals surface area contributed by atoms with Gasteiger partial charge in [-0.2, -0.15) is 0 Å².